The number of hydrogen-bond acceptors (Lipinski definition) is 8. The van der Waals surface area contributed by atoms with Crippen molar-refractivity contribution in [3.63, 3.8) is 0 Å². The van der Waals surface area contributed by atoms with Crippen molar-refractivity contribution < 1.29 is 21.4 Å². The molecule has 2 aromatic rings. The largest absolute Gasteiger partial charge is 0.394 e. The Hall–Kier alpha value is -2.25. The summed E-state index contributed by atoms with van der Waals surface area (Å²) >= 11 is 0. The maximum absolute atomic E-state index is 10.4. The molecule has 0 spiro atoms. The summed E-state index contributed by atoms with van der Waals surface area (Å²) in [7, 11) is 0. The fourth-order valence-electron chi connectivity index (χ4n) is 2.36. The van der Waals surface area contributed by atoms with E-state index in [1.54, 1.807) is 6.40 Å². The topological polar surface area (TPSA) is 140 Å². The standard InChI is InChI=1S/C12H13N5O4/c1-2-12(20)6(3-18)21-11(8(12)19)17-5-16-7-9(13)14-4-15-10(7)17/h1,4-6,8,11,18-20H,3H2,(H2,13,14,15)/t6-,8+,11?,12-/m1/s1/i1D. The van der Waals surface area contributed by atoms with Crippen LogP contribution in [0.3, 0.4) is 0 Å². The van der Waals surface area contributed by atoms with Crippen LogP contribution in [0.15, 0.2) is 12.7 Å². The number of nitrogens with zero attached hydrogens (tertiary/aromatic N) is 4. The lowest BCUT2D eigenvalue weighted by Gasteiger charge is -2.23. The van der Waals surface area contributed by atoms with Gasteiger partial charge in [-0.25, -0.2) is 15.0 Å². The Morgan fingerprint density at radius 3 is 3.10 bits per heavy atom. The molecule has 0 aliphatic carbocycles. The monoisotopic (exact) mass is 292 g/mol. The van der Waals surface area contributed by atoms with E-state index in [4.69, 9.17) is 11.8 Å². The number of anilines is 1. The minimum atomic E-state index is -2.07. The number of nitrogen functional groups attached to an aromatic ring is 1. The first-order valence-electron chi connectivity index (χ1n) is 6.56. The predicted octanol–water partition coefficient (Wildman–Crippen LogP) is -1.98. The highest BCUT2D eigenvalue weighted by Gasteiger charge is 2.55. The minimum absolute atomic E-state index is 0.163. The fraction of sp³-hybridized carbons (Fsp3) is 0.417. The lowest BCUT2D eigenvalue weighted by Crippen LogP contribution is -2.47. The SMILES string of the molecule is [2H]C#C[C@@]1(O)[C@@H](CO)OC(n2cnc3c(N)ncnc32)[C@@H]1O. The zero-order valence-corrected chi connectivity index (χ0v) is 10.7. The molecular weight excluding hydrogens is 278 g/mol. The average molecular weight is 292 g/mol. The van der Waals surface area contributed by atoms with Gasteiger partial charge in [0.2, 0.25) is 0 Å². The second-order valence-electron chi connectivity index (χ2n) is 4.68. The highest BCUT2D eigenvalue weighted by atomic mass is 16.6. The number of ether oxygens (including phenoxy) is 1. The van der Waals surface area contributed by atoms with E-state index in [1.807, 2.05) is 0 Å². The van der Waals surface area contributed by atoms with Crippen LogP contribution in [-0.2, 0) is 4.74 Å². The zero-order chi connectivity index (χ0) is 15.9. The summed E-state index contributed by atoms with van der Waals surface area (Å²) in [6, 6.07) is 0. The Kier molecular flexibility index (Phi) is 2.76. The molecule has 1 aliphatic rings. The van der Waals surface area contributed by atoms with Crippen LogP contribution in [0.5, 0.6) is 0 Å². The van der Waals surface area contributed by atoms with E-state index >= 15 is 0 Å². The molecule has 1 unspecified atom stereocenters. The van der Waals surface area contributed by atoms with Gasteiger partial charge in [-0.1, -0.05) is 5.92 Å². The van der Waals surface area contributed by atoms with Crippen LogP contribution in [0.25, 0.3) is 11.2 Å². The molecule has 21 heavy (non-hydrogen) atoms. The molecule has 5 N–H and O–H groups in total. The molecule has 110 valence electrons. The van der Waals surface area contributed by atoms with E-state index in [2.05, 4.69) is 20.9 Å². The second-order valence-corrected chi connectivity index (χ2v) is 4.68. The third-order valence-corrected chi connectivity index (χ3v) is 3.54. The number of nitrogens with two attached hydrogens (primary N) is 1. The van der Waals surface area contributed by atoms with Crippen LogP contribution in [0.4, 0.5) is 5.82 Å². The Balaban J connectivity index is 2.08. The molecule has 1 fully saturated rings. The van der Waals surface area contributed by atoms with Gasteiger partial charge in [0, 0.05) is 0 Å². The van der Waals surface area contributed by atoms with E-state index in [0.29, 0.717) is 11.2 Å². The van der Waals surface area contributed by atoms with Gasteiger partial charge in [0.05, 0.1) is 12.9 Å². The van der Waals surface area contributed by atoms with Crippen molar-refractivity contribution in [3.8, 4) is 12.3 Å². The average Bonchev–Trinajstić information content (AvgIpc) is 3.02. The third-order valence-electron chi connectivity index (χ3n) is 3.54. The van der Waals surface area contributed by atoms with E-state index in [-0.39, 0.29) is 5.82 Å². The molecule has 3 rings (SSSR count). The molecular formula is C12H13N5O4. The number of imidazole rings is 1. The summed E-state index contributed by atoms with van der Waals surface area (Å²) < 4.78 is 13.8. The van der Waals surface area contributed by atoms with Crippen LogP contribution in [0, 0.1) is 12.3 Å². The van der Waals surface area contributed by atoms with Gasteiger partial charge in [-0.2, -0.15) is 0 Å². The normalized spacial score (nSPS) is 32.7. The van der Waals surface area contributed by atoms with Crippen LogP contribution >= 0.6 is 0 Å². The van der Waals surface area contributed by atoms with Crippen LogP contribution in [0.1, 0.15) is 7.60 Å². The molecule has 9 heteroatoms. The first-order chi connectivity index (χ1) is 10.5. The number of terminal acetylenes is 1. The zero-order valence-electron chi connectivity index (χ0n) is 11.7. The Morgan fingerprint density at radius 2 is 2.38 bits per heavy atom. The van der Waals surface area contributed by atoms with Gasteiger partial charge in [-0.3, -0.25) is 4.57 Å². The summed E-state index contributed by atoms with van der Waals surface area (Å²) in [6.45, 7) is -0.581. The number of aliphatic hydroxyl groups is 3. The smallest absolute Gasteiger partial charge is 0.183 e. The van der Waals surface area contributed by atoms with Crippen molar-refractivity contribution in [1.29, 1.82) is 0 Å². The van der Waals surface area contributed by atoms with E-state index < -0.39 is 30.6 Å². The van der Waals surface area contributed by atoms with Crippen molar-refractivity contribution in [2.24, 2.45) is 0 Å². The number of aromatic nitrogens is 4. The van der Waals surface area contributed by atoms with Gasteiger partial charge in [0.1, 0.15) is 25.4 Å². The summed E-state index contributed by atoms with van der Waals surface area (Å²) in [5, 5.41) is 30.1. The Morgan fingerprint density at radius 1 is 1.57 bits per heavy atom. The van der Waals surface area contributed by atoms with E-state index in [1.165, 1.54) is 17.2 Å². The van der Waals surface area contributed by atoms with Crippen molar-refractivity contribution >= 4 is 17.0 Å². The van der Waals surface area contributed by atoms with Gasteiger partial charge in [-0.15, -0.1) is 6.40 Å². The molecule has 0 aromatic carbocycles. The minimum Gasteiger partial charge on any atom is -0.394 e. The fourth-order valence-corrected chi connectivity index (χ4v) is 2.36. The molecule has 3 heterocycles. The number of rotatable bonds is 2. The first kappa shape index (κ1) is 12.5. The molecule has 0 bridgehead atoms. The summed E-state index contributed by atoms with van der Waals surface area (Å²) in [5.74, 6) is 2.33. The molecule has 1 saturated heterocycles. The molecule has 0 amide bonds. The van der Waals surface area contributed by atoms with Crippen LogP contribution in [0.2, 0.25) is 0 Å². The van der Waals surface area contributed by atoms with Crippen molar-refractivity contribution in [1.82, 2.24) is 19.5 Å². The van der Waals surface area contributed by atoms with Gasteiger partial charge in [-0.05, 0) is 0 Å². The maximum Gasteiger partial charge on any atom is 0.183 e. The quantitative estimate of drug-likeness (QED) is 0.467. The molecule has 2 aromatic heterocycles. The molecule has 1 aliphatic heterocycles. The highest BCUT2D eigenvalue weighted by molar-refractivity contribution is 5.81. The Labute approximate surface area is 120 Å². The highest BCUT2D eigenvalue weighted by Crippen LogP contribution is 2.38. The number of aliphatic hydroxyl groups excluding tert-OH is 2. The summed E-state index contributed by atoms with van der Waals surface area (Å²) in [4.78, 5) is 11.9. The lowest BCUT2D eigenvalue weighted by molar-refractivity contribution is -0.0605. The molecule has 0 radical (unpaired) electrons. The van der Waals surface area contributed by atoms with Crippen molar-refractivity contribution in [2.45, 2.75) is 24.0 Å². The third kappa shape index (κ3) is 1.78. The van der Waals surface area contributed by atoms with Crippen molar-refractivity contribution in [3.05, 3.63) is 12.7 Å². The molecule has 0 saturated carbocycles. The first-order valence-corrected chi connectivity index (χ1v) is 6.06. The molecule has 9 nitrogen and oxygen atoms in total. The predicted molar refractivity (Wildman–Crippen MR) is 70.5 cm³/mol. The number of hydrogen-bond donors (Lipinski definition) is 4. The van der Waals surface area contributed by atoms with Crippen LogP contribution in [-0.4, -0.2) is 59.3 Å². The summed E-state index contributed by atoms with van der Waals surface area (Å²) in [5.41, 5.74) is 4.24. The van der Waals surface area contributed by atoms with Gasteiger partial charge in [0.15, 0.2) is 23.3 Å². The maximum atomic E-state index is 10.4. The van der Waals surface area contributed by atoms with E-state index in [9.17, 15) is 15.3 Å². The second kappa shape index (κ2) is 4.64. The van der Waals surface area contributed by atoms with Gasteiger partial charge >= 0.3 is 0 Å². The van der Waals surface area contributed by atoms with Gasteiger partial charge in [0.25, 0.3) is 0 Å². The van der Waals surface area contributed by atoms with E-state index in [0.717, 1.165) is 0 Å². The van der Waals surface area contributed by atoms with Crippen LogP contribution < -0.4 is 5.73 Å². The number of fused-ring (bicyclic) bond motifs is 1. The molecule has 4 atom stereocenters. The van der Waals surface area contributed by atoms with Crippen molar-refractivity contribution in [2.75, 3.05) is 12.3 Å². The lowest BCUT2D eigenvalue weighted by atomic mass is 9.93. The summed E-state index contributed by atoms with van der Waals surface area (Å²) in [6.07, 6.45) is 0.558. The van der Waals surface area contributed by atoms with Gasteiger partial charge < -0.3 is 25.8 Å². The Bertz CT molecular complexity index is 772.